The van der Waals surface area contributed by atoms with E-state index in [4.69, 9.17) is 10.8 Å². The first-order chi connectivity index (χ1) is 5.95. The number of phenolic OH excluding ortho intramolecular Hbond substituents is 1. The Kier molecular flexibility index (Phi) is 2.47. The first-order valence-electron chi connectivity index (χ1n) is 3.54. The quantitative estimate of drug-likeness (QED) is 0.711. The van der Waals surface area contributed by atoms with Gasteiger partial charge in [-0.3, -0.25) is 0 Å². The van der Waals surface area contributed by atoms with Gasteiger partial charge in [0, 0.05) is 6.54 Å². The molecule has 0 radical (unpaired) electrons. The maximum absolute atomic E-state index is 12.1. The fourth-order valence-corrected chi connectivity index (χ4v) is 0.944. The van der Waals surface area contributed by atoms with Crippen LogP contribution in [0.4, 0.5) is 13.2 Å². The van der Waals surface area contributed by atoms with Crippen LogP contribution in [0.25, 0.3) is 0 Å². The van der Waals surface area contributed by atoms with Gasteiger partial charge in [0.2, 0.25) is 0 Å². The fraction of sp³-hybridized carbons (Fsp3) is 0.250. The van der Waals surface area contributed by atoms with E-state index in [1.54, 1.807) is 0 Å². The van der Waals surface area contributed by atoms with Crippen molar-refractivity contribution in [2.45, 2.75) is 12.7 Å². The summed E-state index contributed by atoms with van der Waals surface area (Å²) < 4.78 is 36.3. The van der Waals surface area contributed by atoms with Crippen molar-refractivity contribution < 1.29 is 18.3 Å². The van der Waals surface area contributed by atoms with E-state index in [0.717, 1.165) is 12.1 Å². The van der Waals surface area contributed by atoms with Crippen molar-refractivity contribution in [3.8, 4) is 5.75 Å². The van der Waals surface area contributed by atoms with Gasteiger partial charge in [0.1, 0.15) is 5.75 Å². The van der Waals surface area contributed by atoms with E-state index in [1.165, 1.54) is 6.07 Å². The lowest BCUT2D eigenvalue weighted by Crippen LogP contribution is -2.06. The van der Waals surface area contributed by atoms with Gasteiger partial charge in [-0.05, 0) is 17.7 Å². The number of hydrogen-bond acceptors (Lipinski definition) is 2. The van der Waals surface area contributed by atoms with Crippen LogP contribution in [-0.2, 0) is 12.7 Å². The summed E-state index contributed by atoms with van der Waals surface area (Å²) in [7, 11) is 0. The third-order valence-corrected chi connectivity index (χ3v) is 1.60. The van der Waals surface area contributed by atoms with Crippen LogP contribution in [0.1, 0.15) is 11.1 Å². The van der Waals surface area contributed by atoms with Crippen molar-refractivity contribution in [1.82, 2.24) is 0 Å². The molecule has 0 spiro atoms. The average molecular weight is 191 g/mol. The number of rotatable bonds is 1. The molecule has 0 bridgehead atoms. The Hall–Kier alpha value is -1.23. The summed E-state index contributed by atoms with van der Waals surface area (Å²) in [4.78, 5) is 0. The molecule has 13 heavy (non-hydrogen) atoms. The molecule has 0 atom stereocenters. The van der Waals surface area contributed by atoms with Crippen molar-refractivity contribution in [2.75, 3.05) is 0 Å². The minimum atomic E-state index is -4.52. The standard InChI is InChI=1S/C8H8F3NO/c9-8(10,11)6-2-1-5(4-12)3-7(6)13/h1-3,13H,4,12H2. The van der Waals surface area contributed by atoms with Gasteiger partial charge in [0.15, 0.2) is 0 Å². The van der Waals surface area contributed by atoms with Crippen LogP contribution in [-0.4, -0.2) is 5.11 Å². The summed E-state index contributed by atoms with van der Waals surface area (Å²) in [5, 5.41) is 8.98. The second kappa shape index (κ2) is 3.26. The molecule has 0 aromatic heterocycles. The number of benzene rings is 1. The number of phenols is 1. The summed E-state index contributed by atoms with van der Waals surface area (Å²) in [6, 6.07) is 3.07. The van der Waals surface area contributed by atoms with Gasteiger partial charge in [-0.1, -0.05) is 6.07 Å². The molecule has 0 saturated carbocycles. The fourth-order valence-electron chi connectivity index (χ4n) is 0.944. The van der Waals surface area contributed by atoms with Crippen molar-refractivity contribution in [3.63, 3.8) is 0 Å². The first-order valence-corrected chi connectivity index (χ1v) is 3.54. The molecule has 0 aliphatic heterocycles. The zero-order valence-corrected chi connectivity index (χ0v) is 6.60. The highest BCUT2D eigenvalue weighted by Crippen LogP contribution is 2.35. The number of hydrogen-bond donors (Lipinski definition) is 2. The summed E-state index contributed by atoms with van der Waals surface area (Å²) in [5.74, 6) is -0.782. The summed E-state index contributed by atoms with van der Waals surface area (Å²) in [6.07, 6.45) is -4.52. The van der Waals surface area contributed by atoms with E-state index in [1.807, 2.05) is 0 Å². The highest BCUT2D eigenvalue weighted by Gasteiger charge is 2.33. The van der Waals surface area contributed by atoms with Crippen LogP contribution < -0.4 is 5.73 Å². The Morgan fingerprint density at radius 1 is 1.31 bits per heavy atom. The van der Waals surface area contributed by atoms with Gasteiger partial charge in [0.05, 0.1) is 5.56 Å². The second-order valence-corrected chi connectivity index (χ2v) is 2.55. The molecule has 0 aliphatic carbocycles. The summed E-state index contributed by atoms with van der Waals surface area (Å²) in [6.45, 7) is 0.103. The van der Waals surface area contributed by atoms with E-state index in [9.17, 15) is 13.2 Å². The van der Waals surface area contributed by atoms with Gasteiger partial charge in [-0.2, -0.15) is 13.2 Å². The molecule has 1 aromatic rings. The monoisotopic (exact) mass is 191 g/mol. The molecule has 0 amide bonds. The Morgan fingerprint density at radius 2 is 1.92 bits per heavy atom. The van der Waals surface area contributed by atoms with Crippen LogP contribution in [0.5, 0.6) is 5.75 Å². The zero-order valence-electron chi connectivity index (χ0n) is 6.60. The minimum absolute atomic E-state index is 0.103. The largest absolute Gasteiger partial charge is 0.507 e. The lowest BCUT2D eigenvalue weighted by Gasteiger charge is -2.09. The van der Waals surface area contributed by atoms with Gasteiger partial charge < -0.3 is 10.8 Å². The van der Waals surface area contributed by atoms with Gasteiger partial charge in [0.25, 0.3) is 0 Å². The highest BCUT2D eigenvalue weighted by molar-refractivity contribution is 5.38. The molecule has 0 aliphatic rings. The van der Waals surface area contributed by atoms with Gasteiger partial charge >= 0.3 is 6.18 Å². The number of nitrogens with two attached hydrogens (primary N) is 1. The molecule has 0 heterocycles. The Bertz CT molecular complexity index is 309. The third-order valence-electron chi connectivity index (χ3n) is 1.60. The van der Waals surface area contributed by atoms with E-state index in [-0.39, 0.29) is 6.54 Å². The van der Waals surface area contributed by atoms with E-state index >= 15 is 0 Å². The maximum atomic E-state index is 12.1. The number of halogens is 3. The molecule has 72 valence electrons. The van der Waals surface area contributed by atoms with Gasteiger partial charge in [-0.25, -0.2) is 0 Å². The van der Waals surface area contributed by atoms with Crippen molar-refractivity contribution in [1.29, 1.82) is 0 Å². The molecular weight excluding hydrogens is 183 g/mol. The van der Waals surface area contributed by atoms with Crippen LogP contribution in [0.2, 0.25) is 0 Å². The summed E-state index contributed by atoms with van der Waals surface area (Å²) >= 11 is 0. The van der Waals surface area contributed by atoms with Crippen LogP contribution >= 0.6 is 0 Å². The highest BCUT2D eigenvalue weighted by atomic mass is 19.4. The molecule has 0 fully saturated rings. The van der Waals surface area contributed by atoms with E-state index in [2.05, 4.69) is 0 Å². The molecule has 3 N–H and O–H groups in total. The Labute approximate surface area is 72.8 Å². The van der Waals surface area contributed by atoms with Crippen molar-refractivity contribution >= 4 is 0 Å². The van der Waals surface area contributed by atoms with Crippen LogP contribution in [0.15, 0.2) is 18.2 Å². The molecular formula is C8H8F3NO. The van der Waals surface area contributed by atoms with Gasteiger partial charge in [-0.15, -0.1) is 0 Å². The van der Waals surface area contributed by atoms with E-state index < -0.39 is 17.5 Å². The molecule has 1 aromatic carbocycles. The second-order valence-electron chi connectivity index (χ2n) is 2.55. The van der Waals surface area contributed by atoms with Crippen LogP contribution in [0.3, 0.4) is 0 Å². The Balaban J connectivity index is 3.13. The normalized spacial score (nSPS) is 11.7. The lowest BCUT2D eigenvalue weighted by molar-refractivity contribution is -0.138. The van der Waals surface area contributed by atoms with Crippen LogP contribution in [0, 0.1) is 0 Å². The predicted molar refractivity (Wildman–Crippen MR) is 41.0 cm³/mol. The SMILES string of the molecule is NCc1ccc(C(F)(F)F)c(O)c1. The van der Waals surface area contributed by atoms with Crippen molar-refractivity contribution in [3.05, 3.63) is 29.3 Å². The molecule has 1 rings (SSSR count). The Morgan fingerprint density at radius 3 is 2.31 bits per heavy atom. The smallest absolute Gasteiger partial charge is 0.419 e. The zero-order chi connectivity index (χ0) is 10.1. The molecule has 2 nitrogen and oxygen atoms in total. The third kappa shape index (κ3) is 2.12. The minimum Gasteiger partial charge on any atom is -0.507 e. The predicted octanol–water partition coefficient (Wildman–Crippen LogP) is 1.87. The molecule has 5 heteroatoms. The van der Waals surface area contributed by atoms with E-state index in [0.29, 0.717) is 5.56 Å². The molecule has 0 unspecified atom stereocenters. The number of aromatic hydroxyl groups is 1. The first kappa shape index (κ1) is 9.85. The summed E-state index contributed by atoms with van der Waals surface area (Å²) in [5.41, 5.74) is 4.61. The lowest BCUT2D eigenvalue weighted by atomic mass is 10.1. The van der Waals surface area contributed by atoms with Crippen molar-refractivity contribution in [2.24, 2.45) is 5.73 Å². The topological polar surface area (TPSA) is 46.2 Å². The number of alkyl halides is 3. The maximum Gasteiger partial charge on any atom is 0.419 e. The molecule has 0 saturated heterocycles. The average Bonchev–Trinajstić information content (AvgIpc) is 2.01.